The molecule has 0 amide bonds. The van der Waals surface area contributed by atoms with Crippen LogP contribution in [0.25, 0.3) is 0 Å². The first-order valence-corrected chi connectivity index (χ1v) is 10.1. The molecule has 0 heterocycles. The lowest BCUT2D eigenvalue weighted by Crippen LogP contribution is -2.57. The first-order valence-electron chi connectivity index (χ1n) is 10.1. The molecule has 0 aromatic rings. The van der Waals surface area contributed by atoms with Gasteiger partial charge in [-0.3, -0.25) is 4.79 Å². The number of hydrogen-bond acceptors (Lipinski definition) is 2. The minimum Gasteiger partial charge on any atom is -0.393 e. The van der Waals surface area contributed by atoms with Crippen LogP contribution in [0, 0.1) is 40.4 Å². The van der Waals surface area contributed by atoms with Gasteiger partial charge in [0.15, 0.2) is 0 Å². The second-order valence-corrected chi connectivity index (χ2v) is 9.68. The Balaban J connectivity index is 1.65. The lowest BCUT2D eigenvalue weighted by Gasteiger charge is -2.60. The molecule has 4 aliphatic rings. The van der Waals surface area contributed by atoms with Gasteiger partial charge in [-0.1, -0.05) is 27.2 Å². The van der Waals surface area contributed by atoms with Gasteiger partial charge in [0.25, 0.3) is 0 Å². The van der Waals surface area contributed by atoms with Crippen LogP contribution >= 0.6 is 0 Å². The largest absolute Gasteiger partial charge is 0.393 e. The molecule has 0 spiro atoms. The molecular formula is C21H34O2. The van der Waals surface area contributed by atoms with Crippen molar-refractivity contribution in [3.05, 3.63) is 0 Å². The molecule has 0 bridgehead atoms. The van der Waals surface area contributed by atoms with E-state index in [-0.39, 0.29) is 11.5 Å². The van der Waals surface area contributed by atoms with E-state index in [0.29, 0.717) is 29.5 Å². The molecule has 0 saturated heterocycles. The quantitative estimate of drug-likeness (QED) is 0.767. The molecule has 4 saturated carbocycles. The minimum absolute atomic E-state index is 0.131. The van der Waals surface area contributed by atoms with Gasteiger partial charge in [-0.05, 0) is 80.0 Å². The van der Waals surface area contributed by atoms with E-state index in [9.17, 15) is 9.90 Å². The van der Waals surface area contributed by atoms with Crippen molar-refractivity contribution in [3.63, 3.8) is 0 Å². The van der Waals surface area contributed by atoms with Crippen molar-refractivity contribution in [3.8, 4) is 0 Å². The minimum atomic E-state index is -0.373. The Morgan fingerprint density at radius 3 is 2.61 bits per heavy atom. The van der Waals surface area contributed by atoms with Crippen molar-refractivity contribution in [2.45, 2.75) is 84.7 Å². The Morgan fingerprint density at radius 2 is 1.87 bits per heavy atom. The molecule has 1 unspecified atom stereocenters. The maximum Gasteiger partial charge on any atom is 0.141 e. The Kier molecular flexibility index (Phi) is 3.72. The van der Waals surface area contributed by atoms with Crippen molar-refractivity contribution in [2.24, 2.45) is 40.4 Å². The van der Waals surface area contributed by atoms with Gasteiger partial charge in [0.1, 0.15) is 5.78 Å². The number of fused-ring (bicyclic) bond motifs is 5. The summed E-state index contributed by atoms with van der Waals surface area (Å²) in [7, 11) is 0. The molecule has 4 rings (SSSR count). The van der Waals surface area contributed by atoms with Gasteiger partial charge in [-0.15, -0.1) is 0 Å². The summed E-state index contributed by atoms with van der Waals surface area (Å²) in [5.74, 6) is 3.93. The first kappa shape index (κ1) is 16.1. The van der Waals surface area contributed by atoms with Crippen LogP contribution in [0.1, 0.15) is 78.6 Å². The van der Waals surface area contributed by atoms with Crippen LogP contribution in [-0.2, 0) is 4.79 Å². The van der Waals surface area contributed by atoms with E-state index in [2.05, 4.69) is 20.8 Å². The fourth-order valence-corrected chi connectivity index (χ4v) is 7.85. The molecule has 2 heteroatoms. The number of carbonyl (C=O) groups is 1. The van der Waals surface area contributed by atoms with Crippen LogP contribution in [0.15, 0.2) is 0 Å². The highest BCUT2D eigenvalue weighted by atomic mass is 16.3. The third-order valence-corrected chi connectivity index (χ3v) is 9.17. The molecule has 0 aromatic carbocycles. The van der Waals surface area contributed by atoms with Crippen molar-refractivity contribution in [1.82, 2.24) is 0 Å². The van der Waals surface area contributed by atoms with Gasteiger partial charge in [-0.25, -0.2) is 0 Å². The molecular weight excluding hydrogens is 284 g/mol. The molecule has 4 fully saturated rings. The fourth-order valence-electron chi connectivity index (χ4n) is 7.85. The summed E-state index contributed by atoms with van der Waals surface area (Å²) in [4.78, 5) is 12.9. The van der Waals surface area contributed by atoms with Crippen LogP contribution in [0.2, 0.25) is 0 Å². The molecule has 1 N–H and O–H groups in total. The number of hydrogen-bond donors (Lipinski definition) is 1. The molecule has 23 heavy (non-hydrogen) atoms. The number of aliphatic hydroxyl groups is 1. The van der Waals surface area contributed by atoms with Crippen LogP contribution in [0.4, 0.5) is 0 Å². The summed E-state index contributed by atoms with van der Waals surface area (Å²) < 4.78 is 0. The molecule has 130 valence electrons. The summed E-state index contributed by atoms with van der Waals surface area (Å²) >= 11 is 0. The molecule has 2 nitrogen and oxygen atoms in total. The van der Waals surface area contributed by atoms with E-state index in [4.69, 9.17) is 0 Å². The smallest absolute Gasteiger partial charge is 0.141 e. The van der Waals surface area contributed by atoms with Gasteiger partial charge in [0, 0.05) is 11.8 Å². The van der Waals surface area contributed by atoms with Crippen molar-refractivity contribution < 1.29 is 9.90 Å². The highest BCUT2D eigenvalue weighted by molar-refractivity contribution is 5.86. The topological polar surface area (TPSA) is 37.3 Å². The van der Waals surface area contributed by atoms with Gasteiger partial charge in [0.2, 0.25) is 0 Å². The Hall–Kier alpha value is -0.370. The second-order valence-electron chi connectivity index (χ2n) is 9.68. The first-order chi connectivity index (χ1) is 10.9. The number of ketones is 1. The summed E-state index contributed by atoms with van der Waals surface area (Å²) in [6.07, 6.45) is 10.1. The van der Waals surface area contributed by atoms with E-state index >= 15 is 0 Å². The summed E-state index contributed by atoms with van der Waals surface area (Å²) in [5, 5.41) is 10.1. The van der Waals surface area contributed by atoms with Crippen LogP contribution in [0.5, 0.6) is 0 Å². The van der Waals surface area contributed by atoms with Crippen LogP contribution in [0.3, 0.4) is 0 Å². The zero-order valence-electron chi connectivity index (χ0n) is 15.2. The average molecular weight is 319 g/mol. The Bertz CT molecular complexity index is 500. The number of rotatable bonds is 1. The summed E-state index contributed by atoms with van der Waals surface area (Å²) in [5.41, 5.74) is 0.407. The molecule has 4 aliphatic carbocycles. The highest BCUT2D eigenvalue weighted by Crippen LogP contribution is 2.67. The van der Waals surface area contributed by atoms with E-state index < -0.39 is 0 Å². The SMILES string of the molecule is CC[C@H]1CC[C@H]2[C@@H]3CC[C@H]4CC(O)CC(=O)[C@]4(C)[C@H]3CC[C@]12C. The third-order valence-electron chi connectivity index (χ3n) is 9.17. The Labute approximate surface area is 141 Å². The summed E-state index contributed by atoms with van der Waals surface area (Å²) in [6, 6.07) is 0. The van der Waals surface area contributed by atoms with Crippen LogP contribution < -0.4 is 0 Å². The van der Waals surface area contributed by atoms with Crippen molar-refractivity contribution >= 4 is 5.78 Å². The average Bonchev–Trinajstić information content (AvgIpc) is 2.85. The molecule has 8 atom stereocenters. The number of aliphatic hydroxyl groups excluding tert-OH is 1. The van der Waals surface area contributed by atoms with Gasteiger partial charge < -0.3 is 5.11 Å². The molecule has 0 radical (unpaired) electrons. The summed E-state index contributed by atoms with van der Waals surface area (Å²) in [6.45, 7) is 7.21. The predicted octanol–water partition coefficient (Wildman–Crippen LogP) is 4.60. The lowest BCUT2D eigenvalue weighted by molar-refractivity contribution is -0.162. The normalized spacial score (nSPS) is 55.9. The fraction of sp³-hybridized carbons (Fsp3) is 0.952. The molecule has 0 aliphatic heterocycles. The Morgan fingerprint density at radius 1 is 1.09 bits per heavy atom. The molecule has 0 aromatic heterocycles. The van der Waals surface area contributed by atoms with Crippen molar-refractivity contribution in [2.75, 3.05) is 0 Å². The predicted molar refractivity (Wildman–Crippen MR) is 91.9 cm³/mol. The number of carbonyl (C=O) groups excluding carboxylic acids is 1. The second kappa shape index (κ2) is 5.31. The zero-order valence-corrected chi connectivity index (χ0v) is 15.2. The zero-order chi connectivity index (χ0) is 16.4. The monoisotopic (exact) mass is 318 g/mol. The van der Waals surface area contributed by atoms with E-state index in [1.165, 1.54) is 44.9 Å². The van der Waals surface area contributed by atoms with E-state index in [1.807, 2.05) is 0 Å². The maximum absolute atomic E-state index is 12.9. The van der Waals surface area contributed by atoms with E-state index in [0.717, 1.165) is 24.2 Å². The highest BCUT2D eigenvalue weighted by Gasteiger charge is 2.62. The lowest BCUT2D eigenvalue weighted by atomic mass is 9.44. The van der Waals surface area contributed by atoms with Gasteiger partial charge in [-0.2, -0.15) is 0 Å². The van der Waals surface area contributed by atoms with Gasteiger partial charge >= 0.3 is 0 Å². The van der Waals surface area contributed by atoms with Gasteiger partial charge in [0.05, 0.1) is 6.10 Å². The van der Waals surface area contributed by atoms with Crippen LogP contribution in [-0.4, -0.2) is 17.0 Å². The number of Topliss-reactive ketones (excluding diaryl/α,β-unsaturated/α-hetero) is 1. The van der Waals surface area contributed by atoms with E-state index in [1.54, 1.807) is 0 Å². The standard InChI is InChI=1S/C21H34O2/c1-4-13-6-8-17-16-7-5-14-11-15(22)12-19(23)21(14,3)18(16)9-10-20(13,17)2/h13-18,22H,4-12H2,1-3H3/t13-,14-,15?,16-,17-,18-,20+,21-/m0/s1. The maximum atomic E-state index is 12.9. The third kappa shape index (κ3) is 2.06. The van der Waals surface area contributed by atoms with Crippen molar-refractivity contribution in [1.29, 1.82) is 0 Å².